The van der Waals surface area contributed by atoms with Crippen molar-refractivity contribution in [3.05, 3.63) is 34.9 Å². The van der Waals surface area contributed by atoms with Crippen LogP contribution in [0.2, 0.25) is 5.02 Å². The number of carbonyl (C=O) groups excluding carboxylic acids is 1. The third-order valence-electron chi connectivity index (χ3n) is 4.11. The van der Waals surface area contributed by atoms with Crippen LogP contribution >= 0.6 is 11.6 Å². The van der Waals surface area contributed by atoms with E-state index in [9.17, 15) is 14.7 Å². The van der Waals surface area contributed by atoms with Gasteiger partial charge < -0.3 is 14.7 Å². The van der Waals surface area contributed by atoms with Gasteiger partial charge in [0.15, 0.2) is 6.04 Å². The highest BCUT2D eigenvalue weighted by molar-refractivity contribution is 6.31. The zero-order valence-corrected chi connectivity index (χ0v) is 12.1. The van der Waals surface area contributed by atoms with Gasteiger partial charge in [0, 0.05) is 17.5 Å². The number of morpholine rings is 1. The van der Waals surface area contributed by atoms with Gasteiger partial charge in [-0.25, -0.2) is 4.79 Å². The number of amides is 1. The maximum Gasteiger partial charge on any atom is 0.328 e. The van der Waals surface area contributed by atoms with Crippen LogP contribution < -0.4 is 0 Å². The van der Waals surface area contributed by atoms with Crippen LogP contribution in [0.1, 0.15) is 17.9 Å². The molecule has 6 heteroatoms. The van der Waals surface area contributed by atoms with Crippen molar-refractivity contribution in [2.24, 2.45) is 5.92 Å². The molecule has 1 amide bonds. The summed E-state index contributed by atoms with van der Waals surface area (Å²) in [6, 6.07) is 6.61. The molecule has 0 aromatic heterocycles. The second-order valence-electron chi connectivity index (χ2n) is 5.43. The van der Waals surface area contributed by atoms with Crippen LogP contribution in [0, 0.1) is 5.92 Å². The van der Waals surface area contributed by atoms with E-state index in [0.717, 1.165) is 12.0 Å². The fourth-order valence-electron chi connectivity index (χ4n) is 2.87. The molecular weight excluding hydrogens is 294 g/mol. The van der Waals surface area contributed by atoms with E-state index in [-0.39, 0.29) is 24.3 Å². The maximum absolute atomic E-state index is 12.5. The summed E-state index contributed by atoms with van der Waals surface area (Å²) in [5.41, 5.74) is 0.970. The second-order valence-corrected chi connectivity index (χ2v) is 5.84. The summed E-state index contributed by atoms with van der Waals surface area (Å²) < 4.78 is 5.16. The molecule has 1 saturated carbocycles. The van der Waals surface area contributed by atoms with Gasteiger partial charge in [-0.05, 0) is 24.0 Å². The van der Waals surface area contributed by atoms with Crippen LogP contribution in [0.3, 0.4) is 0 Å². The van der Waals surface area contributed by atoms with Crippen molar-refractivity contribution in [3.63, 3.8) is 0 Å². The summed E-state index contributed by atoms with van der Waals surface area (Å²) in [5, 5.41) is 9.85. The first-order valence-corrected chi connectivity index (χ1v) is 7.33. The van der Waals surface area contributed by atoms with Crippen LogP contribution in [0.25, 0.3) is 0 Å². The third-order valence-corrected chi connectivity index (χ3v) is 4.45. The van der Waals surface area contributed by atoms with E-state index in [2.05, 4.69) is 0 Å². The fraction of sp³-hybridized carbons (Fsp3) is 0.467. The summed E-state index contributed by atoms with van der Waals surface area (Å²) in [4.78, 5) is 25.2. The van der Waals surface area contributed by atoms with Gasteiger partial charge in [0.05, 0.1) is 13.2 Å². The van der Waals surface area contributed by atoms with Gasteiger partial charge in [-0.1, -0.05) is 29.8 Å². The molecule has 21 heavy (non-hydrogen) atoms. The van der Waals surface area contributed by atoms with Crippen molar-refractivity contribution in [2.45, 2.75) is 18.4 Å². The Hall–Kier alpha value is -1.59. The smallest absolute Gasteiger partial charge is 0.328 e. The normalized spacial score (nSPS) is 28.2. The van der Waals surface area contributed by atoms with Crippen molar-refractivity contribution < 1.29 is 19.4 Å². The topological polar surface area (TPSA) is 66.8 Å². The highest BCUT2D eigenvalue weighted by atomic mass is 35.5. The summed E-state index contributed by atoms with van der Waals surface area (Å²) in [7, 11) is 0. The Labute approximate surface area is 127 Å². The predicted octanol–water partition coefficient (Wildman–Crippen LogP) is 1.76. The Balaban J connectivity index is 1.72. The summed E-state index contributed by atoms with van der Waals surface area (Å²) in [5.74, 6) is -1.18. The first kappa shape index (κ1) is 14.4. The van der Waals surface area contributed by atoms with E-state index >= 15 is 0 Å². The quantitative estimate of drug-likeness (QED) is 0.924. The Bertz CT molecular complexity index is 577. The molecule has 1 N–H and O–H groups in total. The summed E-state index contributed by atoms with van der Waals surface area (Å²) in [6.07, 6.45) is 0.728. The van der Waals surface area contributed by atoms with Gasteiger partial charge in [0.2, 0.25) is 5.91 Å². The SMILES string of the molecule is O=C(O)[C@@H]1COCCN1C(=O)[C@@H]1C[C@@H]1c1ccccc1Cl. The number of carboxylic acids is 1. The van der Waals surface area contributed by atoms with Crippen molar-refractivity contribution in [1.82, 2.24) is 4.90 Å². The number of hydrogen-bond donors (Lipinski definition) is 1. The van der Waals surface area contributed by atoms with Crippen LogP contribution in [-0.2, 0) is 14.3 Å². The van der Waals surface area contributed by atoms with Crippen molar-refractivity contribution in [1.29, 1.82) is 0 Å². The van der Waals surface area contributed by atoms with Crippen LogP contribution in [0.4, 0.5) is 0 Å². The third kappa shape index (κ3) is 2.76. The first-order valence-electron chi connectivity index (χ1n) is 6.95. The summed E-state index contributed by atoms with van der Waals surface area (Å²) >= 11 is 6.16. The van der Waals surface area contributed by atoms with Crippen LogP contribution in [-0.4, -0.2) is 47.7 Å². The number of nitrogens with zero attached hydrogens (tertiary/aromatic N) is 1. The lowest BCUT2D eigenvalue weighted by atomic mass is 10.1. The monoisotopic (exact) mass is 309 g/mol. The molecule has 5 nitrogen and oxygen atoms in total. The first-order chi connectivity index (χ1) is 10.1. The molecule has 0 radical (unpaired) electrons. The lowest BCUT2D eigenvalue weighted by Crippen LogP contribution is -2.53. The van der Waals surface area contributed by atoms with E-state index < -0.39 is 12.0 Å². The summed E-state index contributed by atoms with van der Waals surface area (Å²) in [6.45, 7) is 0.783. The second kappa shape index (κ2) is 5.66. The van der Waals surface area contributed by atoms with Crippen molar-refractivity contribution >= 4 is 23.5 Å². The molecule has 1 saturated heterocycles. The number of carbonyl (C=O) groups is 2. The largest absolute Gasteiger partial charge is 0.480 e. The molecule has 2 aliphatic rings. The Morgan fingerprint density at radius 3 is 2.81 bits per heavy atom. The van der Waals surface area contributed by atoms with Crippen molar-refractivity contribution in [3.8, 4) is 0 Å². The number of ether oxygens (including phenoxy) is 1. The molecule has 1 aliphatic carbocycles. The van der Waals surface area contributed by atoms with Crippen LogP contribution in [0.5, 0.6) is 0 Å². The van der Waals surface area contributed by atoms with Gasteiger partial charge in [0.1, 0.15) is 0 Å². The molecular formula is C15H16ClNO4. The molecule has 2 fully saturated rings. The molecule has 1 aromatic rings. The minimum Gasteiger partial charge on any atom is -0.480 e. The molecule has 1 aromatic carbocycles. The highest BCUT2D eigenvalue weighted by Crippen LogP contribution is 2.50. The lowest BCUT2D eigenvalue weighted by molar-refractivity contribution is -0.158. The zero-order chi connectivity index (χ0) is 15.0. The number of halogens is 1. The van der Waals surface area contributed by atoms with Gasteiger partial charge in [0.25, 0.3) is 0 Å². The van der Waals surface area contributed by atoms with E-state index in [1.165, 1.54) is 4.90 Å². The van der Waals surface area contributed by atoms with E-state index in [0.29, 0.717) is 18.2 Å². The molecule has 112 valence electrons. The number of hydrogen-bond acceptors (Lipinski definition) is 3. The minimum atomic E-state index is -1.02. The molecule has 0 spiro atoms. The van der Waals surface area contributed by atoms with Gasteiger partial charge in [-0.3, -0.25) is 4.79 Å². The number of aliphatic carboxylic acids is 1. The van der Waals surface area contributed by atoms with Gasteiger partial charge in [-0.15, -0.1) is 0 Å². The zero-order valence-electron chi connectivity index (χ0n) is 11.4. The average molecular weight is 310 g/mol. The number of benzene rings is 1. The molecule has 0 bridgehead atoms. The number of carboxylic acid groups (broad SMARTS) is 1. The molecule has 1 heterocycles. The van der Waals surface area contributed by atoms with Gasteiger partial charge >= 0.3 is 5.97 Å². The van der Waals surface area contributed by atoms with E-state index in [1.807, 2.05) is 24.3 Å². The molecule has 3 atom stereocenters. The van der Waals surface area contributed by atoms with Crippen LogP contribution in [0.15, 0.2) is 24.3 Å². The molecule has 1 aliphatic heterocycles. The molecule has 3 rings (SSSR count). The fourth-order valence-corrected chi connectivity index (χ4v) is 3.15. The van der Waals surface area contributed by atoms with E-state index in [1.54, 1.807) is 0 Å². The average Bonchev–Trinajstić information content (AvgIpc) is 3.27. The van der Waals surface area contributed by atoms with E-state index in [4.69, 9.17) is 16.3 Å². The maximum atomic E-state index is 12.5. The Morgan fingerprint density at radius 2 is 2.10 bits per heavy atom. The molecule has 0 unspecified atom stereocenters. The Morgan fingerprint density at radius 1 is 1.33 bits per heavy atom. The predicted molar refractivity (Wildman–Crippen MR) is 76.3 cm³/mol. The lowest BCUT2D eigenvalue weighted by Gasteiger charge is -2.33. The van der Waals surface area contributed by atoms with Gasteiger partial charge in [-0.2, -0.15) is 0 Å². The minimum absolute atomic E-state index is 0.0601. The Kier molecular flexibility index (Phi) is 3.87. The standard InChI is InChI=1S/C15H16ClNO4/c16-12-4-2-1-3-9(12)10-7-11(10)14(18)17-5-6-21-8-13(17)15(19)20/h1-4,10-11,13H,5-8H2,(H,19,20)/t10-,11-,13+/m1/s1. The highest BCUT2D eigenvalue weighted by Gasteiger charge is 2.48. The van der Waals surface area contributed by atoms with Crippen molar-refractivity contribution in [2.75, 3.05) is 19.8 Å². The number of rotatable bonds is 3.